The van der Waals surface area contributed by atoms with E-state index in [0.29, 0.717) is 5.56 Å². The molecule has 0 aliphatic carbocycles. The Balaban J connectivity index is 3.21. The Hall–Kier alpha value is -1.34. The van der Waals surface area contributed by atoms with Crippen molar-refractivity contribution in [2.45, 2.75) is 4.32 Å². The molecular formula is C9H6BrNO2. The summed E-state index contributed by atoms with van der Waals surface area (Å²) < 4.78 is -1.63. The molecule has 0 saturated heterocycles. The zero-order valence-corrected chi connectivity index (χ0v) is 8.15. The molecule has 0 aliphatic rings. The number of carboxylic acids is 1. The van der Waals surface area contributed by atoms with Gasteiger partial charge in [0.15, 0.2) is 0 Å². The lowest BCUT2D eigenvalue weighted by Gasteiger charge is -2.13. The first-order valence-corrected chi connectivity index (χ1v) is 4.29. The molecule has 0 unspecified atom stereocenters. The van der Waals surface area contributed by atoms with Crippen molar-refractivity contribution in [3.05, 3.63) is 35.9 Å². The number of nitriles is 1. The third-order valence-corrected chi connectivity index (χ3v) is 2.59. The highest BCUT2D eigenvalue weighted by atomic mass is 79.9. The second-order valence-corrected chi connectivity index (χ2v) is 3.63. The summed E-state index contributed by atoms with van der Waals surface area (Å²) in [7, 11) is 0. The van der Waals surface area contributed by atoms with Crippen LogP contribution in [0.25, 0.3) is 0 Å². The lowest BCUT2D eigenvalue weighted by molar-refractivity contribution is -0.138. The maximum Gasteiger partial charge on any atom is 0.339 e. The number of halogens is 1. The van der Waals surface area contributed by atoms with Gasteiger partial charge in [-0.3, -0.25) is 0 Å². The molecule has 0 bridgehead atoms. The number of hydrogen-bond acceptors (Lipinski definition) is 2. The Kier molecular flexibility index (Phi) is 2.69. The van der Waals surface area contributed by atoms with Crippen molar-refractivity contribution in [1.82, 2.24) is 0 Å². The zero-order chi connectivity index (χ0) is 9.90. The molecule has 0 amide bonds. The van der Waals surface area contributed by atoms with E-state index in [-0.39, 0.29) is 0 Å². The number of benzene rings is 1. The van der Waals surface area contributed by atoms with E-state index in [2.05, 4.69) is 15.9 Å². The Labute approximate surface area is 83.7 Å². The predicted octanol–water partition coefficient (Wildman–Crippen LogP) is 1.88. The average molecular weight is 240 g/mol. The molecular weight excluding hydrogens is 234 g/mol. The van der Waals surface area contributed by atoms with Gasteiger partial charge in [0.2, 0.25) is 4.32 Å². The lowest BCUT2D eigenvalue weighted by atomic mass is 10.0. The molecule has 66 valence electrons. The standard InChI is InChI=1S/C9H6BrNO2/c10-9(6-11,8(12)13)7-4-2-1-3-5-7/h1-5H,(H,12,13)/t9-/m1/s1. The highest BCUT2D eigenvalue weighted by Gasteiger charge is 2.37. The van der Waals surface area contributed by atoms with Crippen LogP contribution in [0.1, 0.15) is 5.56 Å². The first kappa shape index (κ1) is 9.75. The van der Waals surface area contributed by atoms with E-state index < -0.39 is 10.3 Å². The van der Waals surface area contributed by atoms with Crippen LogP contribution < -0.4 is 0 Å². The van der Waals surface area contributed by atoms with Crippen LogP contribution in [0.2, 0.25) is 0 Å². The normalized spacial score (nSPS) is 14.2. The van der Waals surface area contributed by atoms with Gasteiger partial charge in [-0.1, -0.05) is 46.3 Å². The van der Waals surface area contributed by atoms with Crippen LogP contribution in [0.15, 0.2) is 30.3 Å². The molecule has 1 aromatic carbocycles. The molecule has 1 rings (SSSR count). The zero-order valence-electron chi connectivity index (χ0n) is 6.57. The molecule has 3 nitrogen and oxygen atoms in total. The Morgan fingerprint density at radius 1 is 1.46 bits per heavy atom. The van der Waals surface area contributed by atoms with Gasteiger partial charge < -0.3 is 5.11 Å². The van der Waals surface area contributed by atoms with Crippen molar-refractivity contribution in [2.75, 3.05) is 0 Å². The number of aliphatic carboxylic acids is 1. The molecule has 0 aliphatic heterocycles. The fourth-order valence-electron chi connectivity index (χ4n) is 0.904. The molecule has 1 N–H and O–H groups in total. The van der Waals surface area contributed by atoms with Crippen LogP contribution in [0.4, 0.5) is 0 Å². The summed E-state index contributed by atoms with van der Waals surface area (Å²) in [5.74, 6) is -1.21. The van der Waals surface area contributed by atoms with Crippen molar-refractivity contribution in [3.63, 3.8) is 0 Å². The molecule has 0 aromatic heterocycles. The highest BCUT2D eigenvalue weighted by molar-refractivity contribution is 9.10. The Morgan fingerprint density at radius 2 is 2.00 bits per heavy atom. The summed E-state index contributed by atoms with van der Waals surface area (Å²) in [4.78, 5) is 10.8. The van der Waals surface area contributed by atoms with E-state index in [9.17, 15) is 4.79 Å². The second kappa shape index (κ2) is 3.58. The molecule has 0 radical (unpaired) electrons. The molecule has 0 heterocycles. The minimum absolute atomic E-state index is 0.421. The van der Waals surface area contributed by atoms with E-state index in [1.165, 1.54) is 0 Å². The summed E-state index contributed by atoms with van der Waals surface area (Å²) in [5.41, 5.74) is 0.421. The topological polar surface area (TPSA) is 61.1 Å². The summed E-state index contributed by atoms with van der Waals surface area (Å²) in [6.45, 7) is 0. The number of carbonyl (C=O) groups is 1. The van der Waals surface area contributed by atoms with Crippen molar-refractivity contribution in [3.8, 4) is 6.07 Å². The van der Waals surface area contributed by atoms with Gasteiger partial charge >= 0.3 is 5.97 Å². The van der Waals surface area contributed by atoms with E-state index in [4.69, 9.17) is 10.4 Å². The summed E-state index contributed by atoms with van der Waals surface area (Å²) >= 11 is 2.90. The molecule has 4 heteroatoms. The van der Waals surface area contributed by atoms with Crippen LogP contribution >= 0.6 is 15.9 Å². The molecule has 13 heavy (non-hydrogen) atoms. The number of alkyl halides is 1. The molecule has 0 spiro atoms. The second-order valence-electron chi connectivity index (χ2n) is 2.44. The third kappa shape index (κ3) is 1.70. The summed E-state index contributed by atoms with van der Waals surface area (Å²) in [6.07, 6.45) is 0. The predicted molar refractivity (Wildman–Crippen MR) is 50.3 cm³/mol. The minimum Gasteiger partial charge on any atom is -0.479 e. The van der Waals surface area contributed by atoms with Crippen LogP contribution in [-0.4, -0.2) is 11.1 Å². The quantitative estimate of drug-likeness (QED) is 0.803. The van der Waals surface area contributed by atoms with E-state index in [0.717, 1.165) is 0 Å². The Bertz CT molecular complexity index is 358. The number of hydrogen-bond donors (Lipinski definition) is 1. The van der Waals surface area contributed by atoms with Crippen molar-refractivity contribution in [2.24, 2.45) is 0 Å². The van der Waals surface area contributed by atoms with Gasteiger partial charge in [0.1, 0.15) is 0 Å². The first-order chi connectivity index (χ1) is 6.11. The molecule has 0 fully saturated rings. The molecule has 1 aromatic rings. The first-order valence-electron chi connectivity index (χ1n) is 3.50. The maximum absolute atomic E-state index is 10.8. The monoisotopic (exact) mass is 239 g/mol. The van der Waals surface area contributed by atoms with Crippen molar-refractivity contribution in [1.29, 1.82) is 5.26 Å². The summed E-state index contributed by atoms with van der Waals surface area (Å²) in [5, 5.41) is 17.5. The van der Waals surface area contributed by atoms with Gasteiger partial charge in [-0.25, -0.2) is 4.79 Å². The molecule has 1 atom stereocenters. The van der Waals surface area contributed by atoms with Crippen molar-refractivity contribution >= 4 is 21.9 Å². The number of carboxylic acid groups (broad SMARTS) is 1. The van der Waals surface area contributed by atoms with Gasteiger partial charge in [-0.2, -0.15) is 5.26 Å². The van der Waals surface area contributed by atoms with Crippen LogP contribution in [0.3, 0.4) is 0 Å². The third-order valence-electron chi connectivity index (χ3n) is 1.62. The SMILES string of the molecule is N#C[C@](Br)(C(=O)O)c1ccccc1. The largest absolute Gasteiger partial charge is 0.479 e. The highest BCUT2D eigenvalue weighted by Crippen LogP contribution is 2.30. The van der Waals surface area contributed by atoms with Gasteiger partial charge in [-0.15, -0.1) is 0 Å². The van der Waals surface area contributed by atoms with Gasteiger partial charge in [0.05, 0.1) is 6.07 Å². The number of rotatable bonds is 2. The minimum atomic E-state index is -1.63. The smallest absolute Gasteiger partial charge is 0.339 e. The van der Waals surface area contributed by atoms with Crippen molar-refractivity contribution < 1.29 is 9.90 Å². The summed E-state index contributed by atoms with van der Waals surface area (Å²) in [6, 6.07) is 10.0. The van der Waals surface area contributed by atoms with Crippen LogP contribution in [-0.2, 0) is 9.12 Å². The van der Waals surface area contributed by atoms with Gasteiger partial charge in [0, 0.05) is 0 Å². The van der Waals surface area contributed by atoms with Crippen LogP contribution in [0.5, 0.6) is 0 Å². The van der Waals surface area contributed by atoms with E-state index >= 15 is 0 Å². The van der Waals surface area contributed by atoms with E-state index in [1.807, 2.05) is 0 Å². The molecule has 0 saturated carbocycles. The lowest BCUT2D eigenvalue weighted by Crippen LogP contribution is -2.26. The van der Waals surface area contributed by atoms with E-state index in [1.54, 1.807) is 36.4 Å². The fraction of sp³-hybridized carbons (Fsp3) is 0.111. The van der Waals surface area contributed by atoms with Crippen LogP contribution in [0, 0.1) is 11.3 Å². The van der Waals surface area contributed by atoms with Gasteiger partial charge in [0.25, 0.3) is 0 Å². The fourth-order valence-corrected chi connectivity index (χ4v) is 1.17. The Morgan fingerprint density at radius 3 is 2.38 bits per heavy atom. The number of nitrogens with zero attached hydrogens (tertiary/aromatic N) is 1. The maximum atomic E-state index is 10.8. The average Bonchev–Trinajstić information content (AvgIpc) is 2.17. The van der Waals surface area contributed by atoms with Gasteiger partial charge in [-0.05, 0) is 5.56 Å².